The number of carbonyl (C=O) groups is 1. The van der Waals surface area contributed by atoms with Crippen LogP contribution in [0.3, 0.4) is 0 Å². The smallest absolute Gasteiger partial charge is 0.276 e. The number of piperazine rings is 1. The number of aromatic nitrogens is 1. The van der Waals surface area contributed by atoms with E-state index in [1.165, 1.54) is 24.4 Å². The number of phenols is 1. The summed E-state index contributed by atoms with van der Waals surface area (Å²) >= 11 is 0. The van der Waals surface area contributed by atoms with Crippen molar-refractivity contribution in [1.82, 2.24) is 14.9 Å². The minimum absolute atomic E-state index is 0.0700. The highest BCUT2D eigenvalue weighted by Gasteiger charge is 2.28. The summed E-state index contributed by atoms with van der Waals surface area (Å²) in [5, 5.41) is 22.8. The van der Waals surface area contributed by atoms with Crippen molar-refractivity contribution in [3.05, 3.63) is 69.8 Å². The summed E-state index contributed by atoms with van der Waals surface area (Å²) in [5.41, 5.74) is 3.33. The van der Waals surface area contributed by atoms with Crippen LogP contribution in [0.4, 0.5) is 10.1 Å². The first-order valence-electron chi connectivity index (χ1n) is 12.0. The lowest BCUT2D eigenvalue weighted by molar-refractivity contribution is 0.0953. The fourth-order valence-corrected chi connectivity index (χ4v) is 4.60. The van der Waals surface area contributed by atoms with Gasteiger partial charge in [-0.15, -0.1) is 0 Å². The Bertz CT molecular complexity index is 1380. The van der Waals surface area contributed by atoms with E-state index in [0.717, 1.165) is 25.9 Å². The summed E-state index contributed by atoms with van der Waals surface area (Å²) in [6.45, 7) is 3.36. The van der Waals surface area contributed by atoms with Gasteiger partial charge in [-0.05, 0) is 42.7 Å². The lowest BCUT2D eigenvalue weighted by Gasteiger charge is -2.36. The number of hydrogen-bond donors (Lipinski definition) is 3. The molecule has 0 radical (unpaired) electrons. The molecule has 5 rings (SSSR count). The maximum Gasteiger partial charge on any atom is 0.276 e. The summed E-state index contributed by atoms with van der Waals surface area (Å²) in [7, 11) is 0. The molecule has 1 saturated heterocycles. The number of amides is 1. The highest BCUT2D eigenvalue weighted by Crippen LogP contribution is 2.38. The second-order valence-corrected chi connectivity index (χ2v) is 9.18. The Labute approximate surface area is 207 Å². The van der Waals surface area contributed by atoms with Crippen molar-refractivity contribution in [2.24, 2.45) is 5.10 Å². The maximum absolute atomic E-state index is 15.2. The number of aliphatic hydroxyl groups excluding tert-OH is 1. The molecule has 36 heavy (non-hydrogen) atoms. The number of hydrazone groups is 1. The third-order valence-electron chi connectivity index (χ3n) is 6.66. The standard InChI is InChI=1S/C26H28FN5O4/c27-22-13-20-23(14-24(22)31-8-6-30(7-9-31)10-11-33)32(18-4-5-18)16-21(25(20)35)26(36)29-28-15-17-2-1-3-19(34)12-17/h1-3,12-16,18,33-34H,4-11H2,(H,29,36)/b28-15-. The first-order chi connectivity index (χ1) is 17.4. The average Bonchev–Trinajstić information content (AvgIpc) is 3.70. The highest BCUT2D eigenvalue weighted by atomic mass is 19.1. The number of aliphatic hydroxyl groups is 1. The Morgan fingerprint density at radius 1 is 1.17 bits per heavy atom. The minimum Gasteiger partial charge on any atom is -0.508 e. The number of fused-ring (bicyclic) bond motifs is 1. The van der Waals surface area contributed by atoms with E-state index >= 15 is 4.39 Å². The summed E-state index contributed by atoms with van der Waals surface area (Å²) in [5.74, 6) is -1.12. The summed E-state index contributed by atoms with van der Waals surface area (Å²) in [6.07, 6.45) is 4.75. The summed E-state index contributed by atoms with van der Waals surface area (Å²) < 4.78 is 17.1. The van der Waals surface area contributed by atoms with Crippen molar-refractivity contribution in [3.63, 3.8) is 0 Å². The van der Waals surface area contributed by atoms with Gasteiger partial charge in [0.25, 0.3) is 5.91 Å². The molecule has 1 aromatic heterocycles. The number of anilines is 1. The van der Waals surface area contributed by atoms with Gasteiger partial charge in [-0.3, -0.25) is 14.5 Å². The van der Waals surface area contributed by atoms with Crippen LogP contribution in [0.25, 0.3) is 10.9 Å². The van der Waals surface area contributed by atoms with E-state index in [9.17, 15) is 14.7 Å². The van der Waals surface area contributed by atoms with Crippen LogP contribution in [0, 0.1) is 5.82 Å². The SMILES string of the molecule is O=C(N/N=C\c1cccc(O)c1)c1cn(C2CC2)c2cc(N3CCN(CCO)CC3)c(F)cc2c1=O. The van der Waals surface area contributed by atoms with Crippen molar-refractivity contribution in [2.75, 3.05) is 44.2 Å². The van der Waals surface area contributed by atoms with E-state index in [-0.39, 0.29) is 29.3 Å². The van der Waals surface area contributed by atoms with Crippen LogP contribution in [0.15, 0.2) is 52.5 Å². The largest absolute Gasteiger partial charge is 0.508 e. The van der Waals surface area contributed by atoms with E-state index in [0.29, 0.717) is 36.4 Å². The molecule has 10 heteroatoms. The topological polar surface area (TPSA) is 110 Å². The maximum atomic E-state index is 15.2. The van der Waals surface area contributed by atoms with Crippen LogP contribution in [0.2, 0.25) is 0 Å². The molecule has 1 aliphatic carbocycles. The van der Waals surface area contributed by atoms with Crippen LogP contribution >= 0.6 is 0 Å². The molecular weight excluding hydrogens is 465 g/mol. The number of hydrogen-bond acceptors (Lipinski definition) is 7. The molecule has 2 fully saturated rings. The molecule has 1 amide bonds. The summed E-state index contributed by atoms with van der Waals surface area (Å²) in [6, 6.07) is 9.46. The monoisotopic (exact) mass is 493 g/mol. The predicted octanol–water partition coefficient (Wildman–Crippen LogP) is 2.06. The number of β-amino-alcohol motifs (C(OH)–C–C–N with tert-alkyl or cyclic N) is 1. The van der Waals surface area contributed by atoms with Crippen LogP contribution in [-0.4, -0.2) is 71.1 Å². The predicted molar refractivity (Wildman–Crippen MR) is 135 cm³/mol. The normalized spacial score (nSPS) is 16.7. The van der Waals surface area contributed by atoms with Gasteiger partial charge in [-0.2, -0.15) is 5.10 Å². The van der Waals surface area contributed by atoms with Gasteiger partial charge in [0.05, 0.1) is 24.0 Å². The fraction of sp³-hybridized carbons (Fsp3) is 0.346. The molecule has 0 unspecified atom stereocenters. The van der Waals surface area contributed by atoms with Crippen LogP contribution in [0.5, 0.6) is 5.75 Å². The zero-order chi connectivity index (χ0) is 25.2. The van der Waals surface area contributed by atoms with E-state index in [2.05, 4.69) is 15.4 Å². The molecule has 0 bridgehead atoms. The number of halogens is 1. The Morgan fingerprint density at radius 3 is 2.64 bits per heavy atom. The van der Waals surface area contributed by atoms with Crippen molar-refractivity contribution < 1.29 is 19.4 Å². The second-order valence-electron chi connectivity index (χ2n) is 9.18. The Balaban J connectivity index is 1.44. The molecule has 1 saturated carbocycles. The number of phenolic OH excluding ortho intramolecular Hbond substituents is 1. The first kappa shape index (κ1) is 24.0. The Kier molecular flexibility index (Phi) is 6.71. The zero-order valence-corrected chi connectivity index (χ0v) is 19.7. The molecular formula is C26H28FN5O4. The highest BCUT2D eigenvalue weighted by molar-refractivity contribution is 5.98. The van der Waals surface area contributed by atoms with E-state index < -0.39 is 17.2 Å². The third-order valence-corrected chi connectivity index (χ3v) is 6.66. The molecule has 3 aromatic rings. The van der Waals surface area contributed by atoms with Gasteiger partial charge in [0.1, 0.15) is 17.1 Å². The second kappa shape index (κ2) is 10.1. The van der Waals surface area contributed by atoms with Crippen molar-refractivity contribution in [3.8, 4) is 5.75 Å². The van der Waals surface area contributed by atoms with Crippen LogP contribution in [-0.2, 0) is 0 Å². The minimum atomic E-state index is -0.683. The Hall–Kier alpha value is -3.76. The lowest BCUT2D eigenvalue weighted by atomic mass is 10.1. The number of pyridine rings is 1. The van der Waals surface area contributed by atoms with Gasteiger partial charge in [0.15, 0.2) is 0 Å². The van der Waals surface area contributed by atoms with E-state index in [4.69, 9.17) is 5.11 Å². The Morgan fingerprint density at radius 2 is 1.94 bits per heavy atom. The first-order valence-corrected chi connectivity index (χ1v) is 12.0. The van der Waals surface area contributed by atoms with Crippen molar-refractivity contribution >= 4 is 28.7 Å². The van der Waals surface area contributed by atoms with Gasteiger partial charge in [0.2, 0.25) is 5.43 Å². The number of aromatic hydroxyl groups is 1. The van der Waals surface area contributed by atoms with Gasteiger partial charge < -0.3 is 19.7 Å². The van der Waals surface area contributed by atoms with Crippen molar-refractivity contribution in [1.29, 1.82) is 0 Å². The molecule has 2 aliphatic rings. The van der Waals surface area contributed by atoms with E-state index in [1.54, 1.807) is 24.4 Å². The van der Waals surface area contributed by atoms with Gasteiger partial charge in [-0.1, -0.05) is 12.1 Å². The number of rotatable bonds is 7. The molecule has 2 aromatic carbocycles. The molecule has 0 spiro atoms. The molecule has 188 valence electrons. The molecule has 3 N–H and O–H groups in total. The van der Waals surface area contributed by atoms with Gasteiger partial charge in [0, 0.05) is 50.3 Å². The van der Waals surface area contributed by atoms with Crippen LogP contribution < -0.4 is 15.8 Å². The van der Waals surface area contributed by atoms with Crippen molar-refractivity contribution in [2.45, 2.75) is 18.9 Å². The fourth-order valence-electron chi connectivity index (χ4n) is 4.60. The zero-order valence-electron chi connectivity index (χ0n) is 19.7. The van der Waals surface area contributed by atoms with Crippen LogP contribution in [0.1, 0.15) is 34.8 Å². The molecule has 1 aliphatic heterocycles. The molecule has 2 heterocycles. The van der Waals surface area contributed by atoms with Gasteiger partial charge >= 0.3 is 0 Å². The van der Waals surface area contributed by atoms with E-state index in [1.807, 2.05) is 9.47 Å². The number of carbonyl (C=O) groups excluding carboxylic acids is 1. The average molecular weight is 494 g/mol. The third kappa shape index (κ3) is 4.95. The van der Waals surface area contributed by atoms with Gasteiger partial charge in [-0.25, -0.2) is 9.82 Å². The molecule has 9 nitrogen and oxygen atoms in total. The number of nitrogens with one attached hydrogen (secondary N) is 1. The molecule has 0 atom stereocenters. The number of nitrogens with zero attached hydrogens (tertiary/aromatic N) is 4. The number of benzene rings is 2. The lowest BCUT2D eigenvalue weighted by Crippen LogP contribution is -2.47. The summed E-state index contributed by atoms with van der Waals surface area (Å²) in [4.78, 5) is 30.1. The quantitative estimate of drug-likeness (QED) is 0.343.